The molecule has 1 amide bonds. The van der Waals surface area contributed by atoms with Crippen molar-refractivity contribution in [1.29, 1.82) is 0 Å². The summed E-state index contributed by atoms with van der Waals surface area (Å²) in [4.78, 5) is 16.8. The predicted octanol–water partition coefficient (Wildman–Crippen LogP) is 2.96. The van der Waals surface area contributed by atoms with Gasteiger partial charge in [0.25, 0.3) is 5.91 Å². The number of tetrazole rings is 1. The van der Waals surface area contributed by atoms with E-state index in [9.17, 15) is 4.79 Å². The van der Waals surface area contributed by atoms with Crippen LogP contribution in [0.15, 0.2) is 22.8 Å². The van der Waals surface area contributed by atoms with E-state index < -0.39 is 0 Å². The minimum atomic E-state index is -0.134. The van der Waals surface area contributed by atoms with Crippen LogP contribution >= 0.6 is 0 Å². The fourth-order valence-corrected chi connectivity index (χ4v) is 3.64. The van der Waals surface area contributed by atoms with Crippen molar-refractivity contribution in [2.75, 3.05) is 26.2 Å². The summed E-state index contributed by atoms with van der Waals surface area (Å²) >= 11 is 0. The van der Waals surface area contributed by atoms with Crippen molar-refractivity contribution in [3.8, 4) is 0 Å². The number of rotatable bonds is 7. The Labute approximate surface area is 166 Å². The molecule has 3 rings (SSSR count). The molecule has 1 aliphatic heterocycles. The van der Waals surface area contributed by atoms with Crippen molar-refractivity contribution in [1.82, 2.24) is 30.0 Å². The Kier molecular flexibility index (Phi) is 6.17. The van der Waals surface area contributed by atoms with Gasteiger partial charge in [0.05, 0.1) is 17.8 Å². The Balaban J connectivity index is 1.76. The van der Waals surface area contributed by atoms with Gasteiger partial charge >= 0.3 is 0 Å². The first-order valence-electron chi connectivity index (χ1n) is 10.2. The number of furan rings is 1. The highest BCUT2D eigenvalue weighted by atomic mass is 16.3. The van der Waals surface area contributed by atoms with Crippen molar-refractivity contribution in [3.63, 3.8) is 0 Å². The zero-order valence-corrected chi connectivity index (χ0v) is 17.6. The SMILES string of the molecule is CCC(C)(C)n1nnnc1C(CC(C)C)N1CCN(C(=O)c2ccco2)CC1. The number of hydrogen-bond donors (Lipinski definition) is 0. The Morgan fingerprint density at radius 2 is 1.96 bits per heavy atom. The van der Waals surface area contributed by atoms with E-state index in [4.69, 9.17) is 4.42 Å². The first-order valence-corrected chi connectivity index (χ1v) is 10.2. The largest absolute Gasteiger partial charge is 0.459 e. The Morgan fingerprint density at radius 3 is 2.54 bits per heavy atom. The van der Waals surface area contributed by atoms with Crippen molar-refractivity contribution >= 4 is 5.91 Å². The lowest BCUT2D eigenvalue weighted by molar-refractivity contribution is 0.0492. The summed E-state index contributed by atoms with van der Waals surface area (Å²) in [7, 11) is 0. The number of carbonyl (C=O) groups is 1. The van der Waals surface area contributed by atoms with Crippen LogP contribution in [0.3, 0.4) is 0 Å². The van der Waals surface area contributed by atoms with Gasteiger partial charge in [0, 0.05) is 26.2 Å². The zero-order valence-electron chi connectivity index (χ0n) is 17.6. The van der Waals surface area contributed by atoms with E-state index >= 15 is 0 Å². The molecule has 28 heavy (non-hydrogen) atoms. The monoisotopic (exact) mass is 388 g/mol. The lowest BCUT2D eigenvalue weighted by atomic mass is 9.98. The van der Waals surface area contributed by atoms with Crippen LogP contribution < -0.4 is 0 Å². The van der Waals surface area contributed by atoms with Gasteiger partial charge in [0.15, 0.2) is 11.6 Å². The molecule has 2 aromatic rings. The van der Waals surface area contributed by atoms with Gasteiger partial charge in [-0.05, 0) is 55.2 Å². The molecule has 0 radical (unpaired) electrons. The van der Waals surface area contributed by atoms with E-state index in [2.05, 4.69) is 55.0 Å². The first-order chi connectivity index (χ1) is 13.3. The Hall–Kier alpha value is -2.22. The minimum Gasteiger partial charge on any atom is -0.459 e. The molecule has 154 valence electrons. The van der Waals surface area contributed by atoms with Crippen LogP contribution in [0.2, 0.25) is 0 Å². The number of amides is 1. The average Bonchev–Trinajstić information content (AvgIpc) is 3.37. The van der Waals surface area contributed by atoms with Crippen LogP contribution in [0.25, 0.3) is 0 Å². The number of hydrogen-bond acceptors (Lipinski definition) is 6. The molecule has 8 heteroatoms. The van der Waals surface area contributed by atoms with E-state index in [-0.39, 0.29) is 17.5 Å². The van der Waals surface area contributed by atoms with Crippen LogP contribution in [-0.2, 0) is 5.54 Å². The van der Waals surface area contributed by atoms with Crippen LogP contribution in [0.4, 0.5) is 0 Å². The van der Waals surface area contributed by atoms with Crippen molar-refractivity contribution in [3.05, 3.63) is 30.0 Å². The van der Waals surface area contributed by atoms with Gasteiger partial charge in [-0.25, -0.2) is 4.68 Å². The summed E-state index contributed by atoms with van der Waals surface area (Å²) in [5, 5.41) is 12.7. The van der Waals surface area contributed by atoms with Crippen LogP contribution in [0, 0.1) is 5.92 Å². The summed E-state index contributed by atoms with van der Waals surface area (Å²) in [6.07, 6.45) is 3.47. The summed E-state index contributed by atoms with van der Waals surface area (Å²) in [5.74, 6) is 1.80. The van der Waals surface area contributed by atoms with Gasteiger partial charge in [-0.15, -0.1) is 5.10 Å². The number of nitrogens with zero attached hydrogens (tertiary/aromatic N) is 6. The van der Waals surface area contributed by atoms with E-state index in [0.29, 0.717) is 24.8 Å². The summed E-state index contributed by atoms with van der Waals surface area (Å²) in [6.45, 7) is 13.9. The molecule has 1 saturated heterocycles. The molecule has 0 saturated carbocycles. The van der Waals surface area contributed by atoms with Gasteiger partial charge < -0.3 is 9.32 Å². The fourth-order valence-electron chi connectivity index (χ4n) is 3.64. The van der Waals surface area contributed by atoms with Crippen LogP contribution in [0.5, 0.6) is 0 Å². The van der Waals surface area contributed by atoms with Gasteiger partial charge in [-0.1, -0.05) is 20.8 Å². The van der Waals surface area contributed by atoms with Gasteiger partial charge in [-0.2, -0.15) is 0 Å². The molecule has 3 heterocycles. The molecular weight excluding hydrogens is 356 g/mol. The molecular formula is C20H32N6O2. The maximum atomic E-state index is 12.5. The highest BCUT2D eigenvalue weighted by Crippen LogP contribution is 2.31. The third-order valence-electron chi connectivity index (χ3n) is 5.70. The first kappa shape index (κ1) is 20.5. The summed E-state index contributed by atoms with van der Waals surface area (Å²) in [6, 6.07) is 3.61. The molecule has 0 aliphatic carbocycles. The molecule has 2 aromatic heterocycles. The highest BCUT2D eigenvalue weighted by Gasteiger charge is 2.34. The summed E-state index contributed by atoms with van der Waals surface area (Å²) in [5.41, 5.74) is -0.134. The topological polar surface area (TPSA) is 80.3 Å². The molecule has 0 bridgehead atoms. The van der Waals surface area contributed by atoms with Gasteiger partial charge in [-0.3, -0.25) is 9.69 Å². The molecule has 0 N–H and O–H groups in total. The summed E-state index contributed by atoms with van der Waals surface area (Å²) < 4.78 is 7.25. The second-order valence-corrected chi connectivity index (χ2v) is 8.57. The number of piperazine rings is 1. The highest BCUT2D eigenvalue weighted by molar-refractivity contribution is 5.91. The second-order valence-electron chi connectivity index (χ2n) is 8.57. The maximum absolute atomic E-state index is 12.5. The smallest absolute Gasteiger partial charge is 0.289 e. The maximum Gasteiger partial charge on any atom is 0.289 e. The fraction of sp³-hybridized carbons (Fsp3) is 0.700. The molecule has 1 atom stereocenters. The van der Waals surface area contributed by atoms with E-state index in [0.717, 1.165) is 31.8 Å². The molecule has 1 fully saturated rings. The van der Waals surface area contributed by atoms with Crippen LogP contribution in [-0.4, -0.2) is 62.1 Å². The zero-order chi connectivity index (χ0) is 20.3. The van der Waals surface area contributed by atoms with E-state index in [1.54, 1.807) is 12.1 Å². The Bertz CT molecular complexity index is 760. The van der Waals surface area contributed by atoms with Gasteiger partial charge in [0.2, 0.25) is 0 Å². The van der Waals surface area contributed by atoms with E-state index in [1.807, 2.05) is 9.58 Å². The molecule has 1 unspecified atom stereocenters. The normalized spacial score (nSPS) is 17.3. The minimum absolute atomic E-state index is 0.0398. The number of aromatic nitrogens is 4. The van der Waals surface area contributed by atoms with Gasteiger partial charge in [0.1, 0.15) is 0 Å². The third-order valence-corrected chi connectivity index (χ3v) is 5.70. The van der Waals surface area contributed by atoms with Crippen molar-refractivity contribution in [2.24, 2.45) is 5.92 Å². The molecule has 0 aromatic carbocycles. The predicted molar refractivity (Wildman–Crippen MR) is 106 cm³/mol. The second kappa shape index (κ2) is 8.43. The Morgan fingerprint density at radius 1 is 1.25 bits per heavy atom. The molecule has 1 aliphatic rings. The van der Waals surface area contributed by atoms with E-state index in [1.165, 1.54) is 6.26 Å². The quantitative estimate of drug-likeness (QED) is 0.725. The molecule has 0 spiro atoms. The number of carbonyl (C=O) groups excluding carboxylic acids is 1. The van der Waals surface area contributed by atoms with Crippen molar-refractivity contribution in [2.45, 2.75) is 59.0 Å². The lowest BCUT2D eigenvalue weighted by Gasteiger charge is -2.39. The third kappa shape index (κ3) is 4.27. The standard InChI is InChI=1S/C20H32N6O2/c1-6-20(4,5)26-18(21-22-23-26)16(14-15(2)3)24-9-11-25(12-10-24)19(27)17-8-7-13-28-17/h7-8,13,15-16H,6,9-12,14H2,1-5H3. The van der Waals surface area contributed by atoms with Crippen LogP contribution in [0.1, 0.15) is 69.9 Å². The molecule has 8 nitrogen and oxygen atoms in total. The lowest BCUT2D eigenvalue weighted by Crippen LogP contribution is -2.50. The van der Waals surface area contributed by atoms with Crippen molar-refractivity contribution < 1.29 is 9.21 Å². The average molecular weight is 389 g/mol.